The van der Waals surface area contributed by atoms with Crippen LogP contribution in [0, 0.1) is 15.9 Å². The highest BCUT2D eigenvalue weighted by molar-refractivity contribution is 7.89. The lowest BCUT2D eigenvalue weighted by atomic mass is 10.2. The quantitative estimate of drug-likeness (QED) is 0.583. The van der Waals surface area contributed by atoms with Gasteiger partial charge in [-0.2, -0.15) is 4.31 Å². The summed E-state index contributed by atoms with van der Waals surface area (Å²) in [5, 5.41) is 11.4. The number of nitro benzene ring substituents is 1. The maximum Gasteiger partial charge on any atom is 0.312 e. The fourth-order valence-corrected chi connectivity index (χ4v) is 4.31. The Morgan fingerprint density at radius 2 is 1.69 bits per heavy atom. The van der Waals surface area contributed by atoms with E-state index in [9.17, 15) is 22.9 Å². The van der Waals surface area contributed by atoms with Crippen LogP contribution in [0.4, 0.5) is 10.1 Å². The summed E-state index contributed by atoms with van der Waals surface area (Å²) in [4.78, 5) is 10.5. The van der Waals surface area contributed by atoms with Crippen molar-refractivity contribution in [2.45, 2.75) is 24.2 Å². The first-order valence-corrected chi connectivity index (χ1v) is 9.54. The van der Waals surface area contributed by atoms with Gasteiger partial charge in [0.1, 0.15) is 11.6 Å². The standard InChI is InChI=1S/C17H17FN2O5S/c18-13-4-6-14(7-5-13)25-17-9-8-15(12-16(17)20(21)22)26(23,24)19-10-2-1-3-11-19/h4-9,12H,1-3,10-11H2. The van der Waals surface area contributed by atoms with Gasteiger partial charge in [-0.15, -0.1) is 0 Å². The molecule has 1 fully saturated rings. The van der Waals surface area contributed by atoms with Gasteiger partial charge in [0.05, 0.1) is 9.82 Å². The second-order valence-electron chi connectivity index (χ2n) is 5.91. The summed E-state index contributed by atoms with van der Waals surface area (Å²) in [6.07, 6.45) is 2.51. The molecule has 9 heteroatoms. The molecule has 7 nitrogen and oxygen atoms in total. The molecule has 0 radical (unpaired) electrons. The van der Waals surface area contributed by atoms with Gasteiger partial charge in [0.2, 0.25) is 15.8 Å². The minimum atomic E-state index is -3.79. The number of ether oxygens (including phenoxy) is 1. The predicted molar refractivity (Wildman–Crippen MR) is 92.2 cm³/mol. The molecule has 0 amide bonds. The first-order chi connectivity index (χ1) is 12.4. The maximum atomic E-state index is 13.0. The summed E-state index contributed by atoms with van der Waals surface area (Å²) < 4.78 is 45.1. The highest BCUT2D eigenvalue weighted by Gasteiger charge is 2.29. The first kappa shape index (κ1) is 18.3. The molecule has 138 valence electrons. The topological polar surface area (TPSA) is 89.8 Å². The molecular formula is C17H17FN2O5S. The van der Waals surface area contributed by atoms with Crippen molar-refractivity contribution in [2.75, 3.05) is 13.1 Å². The van der Waals surface area contributed by atoms with Crippen molar-refractivity contribution in [3.63, 3.8) is 0 Å². The largest absolute Gasteiger partial charge is 0.450 e. The molecule has 1 aliphatic heterocycles. The average Bonchev–Trinajstić information content (AvgIpc) is 2.64. The van der Waals surface area contributed by atoms with E-state index in [2.05, 4.69) is 0 Å². The summed E-state index contributed by atoms with van der Waals surface area (Å²) in [6.45, 7) is 0.813. The molecule has 0 N–H and O–H groups in total. The van der Waals surface area contributed by atoms with E-state index >= 15 is 0 Å². The van der Waals surface area contributed by atoms with Crippen molar-refractivity contribution < 1.29 is 22.5 Å². The van der Waals surface area contributed by atoms with Crippen LogP contribution < -0.4 is 4.74 Å². The predicted octanol–water partition coefficient (Wildman–Crippen LogP) is 3.70. The van der Waals surface area contributed by atoms with Crippen LogP contribution in [0.3, 0.4) is 0 Å². The van der Waals surface area contributed by atoms with Gasteiger partial charge in [-0.25, -0.2) is 12.8 Å². The van der Waals surface area contributed by atoms with Crippen LogP contribution in [-0.2, 0) is 10.0 Å². The Morgan fingerprint density at radius 3 is 2.31 bits per heavy atom. The smallest absolute Gasteiger partial charge is 0.312 e. The second kappa shape index (κ2) is 7.38. The molecule has 1 saturated heterocycles. The van der Waals surface area contributed by atoms with E-state index in [1.165, 1.54) is 28.6 Å². The van der Waals surface area contributed by atoms with Gasteiger partial charge in [0.15, 0.2) is 0 Å². The van der Waals surface area contributed by atoms with E-state index in [1.807, 2.05) is 0 Å². The van der Waals surface area contributed by atoms with E-state index < -0.39 is 26.5 Å². The van der Waals surface area contributed by atoms with Gasteiger partial charge >= 0.3 is 5.69 Å². The molecule has 0 bridgehead atoms. The normalized spacial score (nSPS) is 15.6. The number of nitrogens with zero attached hydrogens (tertiary/aromatic N) is 2. The third-order valence-corrected chi connectivity index (χ3v) is 6.02. The summed E-state index contributed by atoms with van der Waals surface area (Å²) >= 11 is 0. The van der Waals surface area contributed by atoms with Crippen molar-refractivity contribution >= 4 is 15.7 Å². The van der Waals surface area contributed by atoms with E-state index in [4.69, 9.17) is 4.74 Å². The summed E-state index contributed by atoms with van der Waals surface area (Å²) in [5.74, 6) is -0.366. The van der Waals surface area contributed by atoms with E-state index in [1.54, 1.807) is 0 Å². The lowest BCUT2D eigenvalue weighted by molar-refractivity contribution is -0.385. The molecule has 3 rings (SSSR count). The Morgan fingerprint density at radius 1 is 1.04 bits per heavy atom. The van der Waals surface area contributed by atoms with Crippen molar-refractivity contribution in [3.05, 3.63) is 58.4 Å². The van der Waals surface area contributed by atoms with Crippen LogP contribution in [-0.4, -0.2) is 30.7 Å². The van der Waals surface area contributed by atoms with Crippen LogP contribution in [0.25, 0.3) is 0 Å². The Bertz CT molecular complexity index is 909. The Kier molecular flexibility index (Phi) is 5.19. The van der Waals surface area contributed by atoms with Gasteiger partial charge in [-0.1, -0.05) is 6.42 Å². The zero-order valence-corrected chi connectivity index (χ0v) is 14.6. The van der Waals surface area contributed by atoms with Crippen LogP contribution in [0.15, 0.2) is 47.4 Å². The second-order valence-corrected chi connectivity index (χ2v) is 7.85. The molecule has 2 aromatic rings. The maximum absolute atomic E-state index is 13.0. The number of hydrogen-bond donors (Lipinski definition) is 0. The average molecular weight is 380 g/mol. The lowest BCUT2D eigenvalue weighted by Crippen LogP contribution is -2.35. The zero-order chi connectivity index (χ0) is 18.7. The van der Waals surface area contributed by atoms with Crippen molar-refractivity contribution in [3.8, 4) is 11.5 Å². The Balaban J connectivity index is 1.93. The first-order valence-electron chi connectivity index (χ1n) is 8.10. The zero-order valence-electron chi connectivity index (χ0n) is 13.8. The third kappa shape index (κ3) is 3.83. The van der Waals surface area contributed by atoms with Crippen LogP contribution in [0.1, 0.15) is 19.3 Å². The number of hydrogen-bond acceptors (Lipinski definition) is 5. The highest BCUT2D eigenvalue weighted by atomic mass is 32.2. The number of piperidine rings is 1. The molecule has 26 heavy (non-hydrogen) atoms. The SMILES string of the molecule is O=[N+]([O-])c1cc(S(=O)(=O)N2CCCCC2)ccc1Oc1ccc(F)cc1. The molecular weight excluding hydrogens is 363 g/mol. The van der Waals surface area contributed by atoms with Crippen molar-refractivity contribution in [2.24, 2.45) is 0 Å². The van der Waals surface area contributed by atoms with Gasteiger partial charge < -0.3 is 4.74 Å². The number of nitro groups is 1. The molecule has 0 spiro atoms. The fraction of sp³-hybridized carbons (Fsp3) is 0.294. The number of sulfonamides is 1. The number of benzene rings is 2. The minimum absolute atomic E-state index is 0.112. The van der Waals surface area contributed by atoms with Crippen LogP contribution in [0.5, 0.6) is 11.5 Å². The fourth-order valence-electron chi connectivity index (χ4n) is 2.77. The molecule has 2 aromatic carbocycles. The summed E-state index contributed by atoms with van der Waals surface area (Å²) in [5.41, 5.74) is -0.465. The van der Waals surface area contributed by atoms with E-state index in [0.29, 0.717) is 13.1 Å². The Hall–Kier alpha value is -2.52. The van der Waals surface area contributed by atoms with Crippen molar-refractivity contribution in [1.82, 2.24) is 4.31 Å². The summed E-state index contributed by atoms with van der Waals surface area (Å²) in [6, 6.07) is 8.53. The molecule has 1 aliphatic rings. The Labute approximate surface area is 150 Å². The summed E-state index contributed by atoms with van der Waals surface area (Å²) in [7, 11) is -3.79. The lowest BCUT2D eigenvalue weighted by Gasteiger charge is -2.25. The van der Waals surface area contributed by atoms with Crippen LogP contribution >= 0.6 is 0 Å². The van der Waals surface area contributed by atoms with Crippen LogP contribution in [0.2, 0.25) is 0 Å². The molecule has 0 aliphatic carbocycles. The molecule has 1 heterocycles. The van der Waals surface area contributed by atoms with Crippen molar-refractivity contribution in [1.29, 1.82) is 0 Å². The molecule has 0 aromatic heterocycles. The minimum Gasteiger partial charge on any atom is -0.450 e. The number of rotatable bonds is 5. The van der Waals surface area contributed by atoms with Gasteiger partial charge in [0, 0.05) is 19.2 Å². The monoisotopic (exact) mass is 380 g/mol. The van der Waals surface area contributed by atoms with Gasteiger partial charge in [0.25, 0.3) is 0 Å². The van der Waals surface area contributed by atoms with E-state index in [-0.39, 0.29) is 16.4 Å². The molecule has 0 atom stereocenters. The van der Waals surface area contributed by atoms with Gasteiger partial charge in [-0.05, 0) is 49.2 Å². The molecule has 0 saturated carbocycles. The van der Waals surface area contributed by atoms with E-state index in [0.717, 1.165) is 37.5 Å². The highest BCUT2D eigenvalue weighted by Crippen LogP contribution is 2.34. The number of halogens is 1. The van der Waals surface area contributed by atoms with Gasteiger partial charge in [-0.3, -0.25) is 10.1 Å². The third-order valence-electron chi connectivity index (χ3n) is 4.12. The molecule has 0 unspecified atom stereocenters.